The van der Waals surface area contributed by atoms with Crippen molar-refractivity contribution in [2.24, 2.45) is 0 Å². The maximum Gasteiger partial charge on any atom is 0.336 e. The molecule has 0 saturated carbocycles. The molecular weight excluding hydrogens is 442 g/mol. The Hall–Kier alpha value is -3.91. The number of nitrogens with zero attached hydrogens (tertiary/aromatic N) is 4. The van der Waals surface area contributed by atoms with E-state index in [9.17, 15) is 9.90 Å². The number of aryl methyl sites for hydroxylation is 2. The first kappa shape index (κ1) is 22.9. The van der Waals surface area contributed by atoms with Crippen LogP contribution >= 0.6 is 0 Å². The van der Waals surface area contributed by atoms with Crippen LogP contribution in [0.25, 0.3) is 22.4 Å². The molecule has 180 valence electrons. The van der Waals surface area contributed by atoms with Crippen molar-refractivity contribution in [1.29, 1.82) is 0 Å². The third-order valence-corrected chi connectivity index (χ3v) is 6.70. The number of carboxylic acid groups (broad SMARTS) is 1. The molecule has 35 heavy (non-hydrogen) atoms. The van der Waals surface area contributed by atoms with Crippen molar-refractivity contribution in [3.05, 3.63) is 65.2 Å². The van der Waals surface area contributed by atoms with E-state index in [1.165, 1.54) is 18.2 Å². The molecule has 2 aromatic carbocycles. The number of likely N-dealkylation sites (N-methyl/N-ethyl adjacent to an activating group) is 1. The first-order valence-electron chi connectivity index (χ1n) is 11.7. The minimum Gasteiger partial charge on any atom is -0.478 e. The number of anilines is 1. The van der Waals surface area contributed by atoms with Crippen molar-refractivity contribution in [3.63, 3.8) is 0 Å². The number of hydrogen-bond acceptors (Lipinski definition) is 6. The number of rotatable bonds is 6. The molecule has 1 atom stereocenters. The topological polar surface area (TPSA) is 94.6 Å². The van der Waals surface area contributed by atoms with Crippen LogP contribution < -0.4 is 9.64 Å². The number of ether oxygens (including phenoxy) is 1. The molecule has 0 bridgehead atoms. The monoisotopic (exact) mass is 471 g/mol. The van der Waals surface area contributed by atoms with E-state index in [1.807, 2.05) is 13.0 Å². The fourth-order valence-electron chi connectivity index (χ4n) is 4.60. The van der Waals surface area contributed by atoms with E-state index < -0.39 is 5.97 Å². The van der Waals surface area contributed by atoms with Gasteiger partial charge in [-0.3, -0.25) is 0 Å². The van der Waals surface area contributed by atoms with Crippen LogP contribution in [0, 0.1) is 13.8 Å². The van der Waals surface area contributed by atoms with Gasteiger partial charge in [0.25, 0.3) is 0 Å². The Bertz CT molecular complexity index is 1390. The van der Waals surface area contributed by atoms with E-state index in [-0.39, 0.29) is 11.6 Å². The SMILES string of the molecule is Cc1ccc(Oc2nc3nc(-c4ccc(N5CCC(N(C)C)C5)cc4)c(C)cc3[nH]2)cc1C(=O)O. The maximum absolute atomic E-state index is 11.4. The Balaban J connectivity index is 1.38. The standard InChI is InChI=1S/C27H29N5O3/c1-16-5-10-21(14-22(16)26(33)34)35-27-28-23-13-17(2)24(29-25(23)30-27)18-6-8-19(9-7-18)32-12-11-20(15-32)31(3)4/h5-10,13-14,20H,11-12,15H2,1-4H3,(H,33,34)(H,28,29,30). The lowest BCUT2D eigenvalue weighted by Crippen LogP contribution is -2.31. The summed E-state index contributed by atoms with van der Waals surface area (Å²) in [4.78, 5) is 28.6. The number of fused-ring (bicyclic) bond motifs is 1. The van der Waals surface area contributed by atoms with Crippen LogP contribution in [0.2, 0.25) is 0 Å². The van der Waals surface area contributed by atoms with Gasteiger partial charge in [0, 0.05) is 30.4 Å². The number of pyridine rings is 1. The first-order chi connectivity index (χ1) is 16.8. The molecule has 1 aliphatic heterocycles. The summed E-state index contributed by atoms with van der Waals surface area (Å²) in [6.45, 7) is 5.89. The maximum atomic E-state index is 11.4. The normalized spacial score (nSPS) is 15.8. The summed E-state index contributed by atoms with van der Waals surface area (Å²) in [6.07, 6.45) is 1.18. The number of hydrogen-bond donors (Lipinski definition) is 2. The predicted molar refractivity (Wildman–Crippen MR) is 137 cm³/mol. The van der Waals surface area contributed by atoms with E-state index >= 15 is 0 Å². The molecule has 8 nitrogen and oxygen atoms in total. The molecule has 2 aromatic heterocycles. The number of aromatic nitrogens is 3. The number of carbonyl (C=O) groups is 1. The fourth-order valence-corrected chi connectivity index (χ4v) is 4.60. The molecular formula is C27H29N5O3. The van der Waals surface area contributed by atoms with E-state index in [0.29, 0.717) is 23.0 Å². The van der Waals surface area contributed by atoms with Crippen LogP contribution in [0.15, 0.2) is 48.5 Å². The number of imidazole rings is 1. The van der Waals surface area contributed by atoms with Crippen molar-refractivity contribution in [3.8, 4) is 23.0 Å². The van der Waals surface area contributed by atoms with E-state index in [1.54, 1.807) is 19.1 Å². The highest BCUT2D eigenvalue weighted by Crippen LogP contribution is 2.30. The molecule has 0 spiro atoms. The summed E-state index contributed by atoms with van der Waals surface area (Å²) in [5.41, 5.74) is 6.33. The Morgan fingerprint density at radius 2 is 1.86 bits per heavy atom. The van der Waals surface area contributed by atoms with Gasteiger partial charge in [-0.2, -0.15) is 4.98 Å². The zero-order chi connectivity index (χ0) is 24.7. The second-order valence-corrected chi connectivity index (χ2v) is 9.35. The van der Waals surface area contributed by atoms with Crippen LogP contribution in [0.1, 0.15) is 27.9 Å². The van der Waals surface area contributed by atoms with Gasteiger partial charge in [-0.15, -0.1) is 0 Å². The molecule has 4 aromatic rings. The first-order valence-corrected chi connectivity index (χ1v) is 11.7. The lowest BCUT2D eigenvalue weighted by Gasteiger charge is -2.22. The van der Waals surface area contributed by atoms with Crippen molar-refractivity contribution in [2.45, 2.75) is 26.3 Å². The van der Waals surface area contributed by atoms with Gasteiger partial charge >= 0.3 is 12.0 Å². The molecule has 5 rings (SSSR count). The molecule has 0 radical (unpaired) electrons. The average molecular weight is 472 g/mol. The predicted octanol–water partition coefficient (Wildman–Crippen LogP) is 4.87. The Kier molecular flexibility index (Phi) is 5.90. The zero-order valence-electron chi connectivity index (χ0n) is 20.4. The summed E-state index contributed by atoms with van der Waals surface area (Å²) in [7, 11) is 4.28. The number of nitrogens with one attached hydrogen (secondary N) is 1. The van der Waals surface area contributed by atoms with Gasteiger partial charge in [0.15, 0.2) is 5.65 Å². The van der Waals surface area contributed by atoms with Crippen molar-refractivity contribution < 1.29 is 14.6 Å². The molecule has 0 aliphatic carbocycles. The quantitative estimate of drug-likeness (QED) is 0.414. The van der Waals surface area contributed by atoms with E-state index in [0.717, 1.165) is 35.4 Å². The summed E-state index contributed by atoms with van der Waals surface area (Å²) < 4.78 is 5.81. The highest BCUT2D eigenvalue weighted by atomic mass is 16.5. The summed E-state index contributed by atoms with van der Waals surface area (Å²) in [5, 5.41) is 9.36. The minimum absolute atomic E-state index is 0.199. The van der Waals surface area contributed by atoms with Crippen LogP contribution in [0.3, 0.4) is 0 Å². The van der Waals surface area contributed by atoms with Gasteiger partial charge in [0.05, 0.1) is 16.8 Å². The molecule has 8 heteroatoms. The minimum atomic E-state index is -0.993. The molecule has 2 N–H and O–H groups in total. The number of aromatic carboxylic acids is 1. The fraction of sp³-hybridized carbons (Fsp3) is 0.296. The number of carboxylic acids is 1. The highest BCUT2D eigenvalue weighted by molar-refractivity contribution is 5.89. The van der Waals surface area contributed by atoms with Gasteiger partial charge in [-0.1, -0.05) is 18.2 Å². The molecule has 3 heterocycles. The van der Waals surface area contributed by atoms with Gasteiger partial charge in [-0.25, -0.2) is 9.78 Å². The molecule has 1 unspecified atom stereocenters. The van der Waals surface area contributed by atoms with Crippen molar-refractivity contribution >= 4 is 22.8 Å². The average Bonchev–Trinajstić information content (AvgIpc) is 3.47. The van der Waals surface area contributed by atoms with Crippen molar-refractivity contribution in [2.75, 3.05) is 32.1 Å². The molecule has 0 amide bonds. The number of aromatic amines is 1. The Morgan fingerprint density at radius 1 is 1.09 bits per heavy atom. The second kappa shape index (κ2) is 9.03. The zero-order valence-corrected chi connectivity index (χ0v) is 20.4. The lowest BCUT2D eigenvalue weighted by atomic mass is 10.1. The third-order valence-electron chi connectivity index (χ3n) is 6.70. The Morgan fingerprint density at radius 3 is 2.54 bits per heavy atom. The van der Waals surface area contributed by atoms with E-state index in [4.69, 9.17) is 9.72 Å². The highest BCUT2D eigenvalue weighted by Gasteiger charge is 2.24. The summed E-state index contributed by atoms with van der Waals surface area (Å²) >= 11 is 0. The van der Waals surface area contributed by atoms with Gasteiger partial charge < -0.3 is 24.6 Å². The van der Waals surface area contributed by atoms with E-state index in [2.05, 4.69) is 58.1 Å². The second-order valence-electron chi connectivity index (χ2n) is 9.35. The van der Waals surface area contributed by atoms with Crippen LogP contribution in [0.4, 0.5) is 5.69 Å². The van der Waals surface area contributed by atoms with Crippen LogP contribution in [-0.4, -0.2) is 64.2 Å². The van der Waals surface area contributed by atoms with Crippen LogP contribution in [0.5, 0.6) is 11.8 Å². The molecule has 1 saturated heterocycles. The van der Waals surface area contributed by atoms with Crippen LogP contribution in [-0.2, 0) is 0 Å². The summed E-state index contributed by atoms with van der Waals surface area (Å²) in [6, 6.07) is 16.4. The van der Waals surface area contributed by atoms with Crippen molar-refractivity contribution in [1.82, 2.24) is 19.9 Å². The third kappa shape index (κ3) is 4.57. The Labute approximate surface area is 204 Å². The number of H-pyrrole nitrogens is 1. The van der Waals surface area contributed by atoms with Gasteiger partial charge in [0.1, 0.15) is 5.75 Å². The van der Waals surface area contributed by atoms with Gasteiger partial charge in [0.2, 0.25) is 0 Å². The number of benzene rings is 2. The molecule has 1 fully saturated rings. The summed E-state index contributed by atoms with van der Waals surface area (Å²) in [5.74, 6) is -0.592. The molecule has 1 aliphatic rings. The lowest BCUT2D eigenvalue weighted by molar-refractivity contribution is 0.0695. The largest absolute Gasteiger partial charge is 0.478 e. The van der Waals surface area contributed by atoms with Gasteiger partial charge in [-0.05, 0) is 75.8 Å². The smallest absolute Gasteiger partial charge is 0.336 e.